The van der Waals surface area contributed by atoms with Gasteiger partial charge < -0.3 is 9.47 Å². The number of anilines is 1. The average molecular weight is 244 g/mol. The Hall–Kier alpha value is -0.510. The Morgan fingerprint density at radius 1 is 1.31 bits per heavy atom. The van der Waals surface area contributed by atoms with Crippen LogP contribution >= 0.6 is 15.9 Å². The molecule has 1 aromatic heterocycles. The molecule has 13 heavy (non-hydrogen) atoms. The van der Waals surface area contributed by atoms with Crippen molar-refractivity contribution in [1.82, 2.24) is 9.55 Å². The van der Waals surface area contributed by atoms with E-state index < -0.39 is 0 Å². The van der Waals surface area contributed by atoms with Gasteiger partial charge in [-0.3, -0.25) is 0 Å². The summed E-state index contributed by atoms with van der Waals surface area (Å²) in [5.74, 6) is 1.09. The van der Waals surface area contributed by atoms with Crippen LogP contribution in [-0.2, 0) is 7.05 Å². The topological polar surface area (TPSA) is 21.1 Å². The first-order valence-corrected chi connectivity index (χ1v) is 5.50. The first kappa shape index (κ1) is 9.06. The van der Waals surface area contributed by atoms with E-state index in [9.17, 15) is 0 Å². The molecule has 0 bridgehead atoms. The molecule has 0 aromatic carbocycles. The molecule has 0 N–H and O–H groups in total. The second kappa shape index (κ2) is 3.70. The maximum atomic E-state index is 4.44. The summed E-state index contributed by atoms with van der Waals surface area (Å²) in [4.78, 5) is 6.79. The van der Waals surface area contributed by atoms with E-state index in [2.05, 4.69) is 30.4 Å². The number of rotatable bonds is 1. The lowest BCUT2D eigenvalue weighted by Gasteiger charge is -2.27. The highest BCUT2D eigenvalue weighted by Crippen LogP contribution is 2.20. The van der Waals surface area contributed by atoms with Crippen LogP contribution in [0, 0.1) is 0 Å². The molecular formula is C9H14BrN3. The highest BCUT2D eigenvalue weighted by atomic mass is 79.9. The molecule has 3 nitrogen and oxygen atoms in total. The van der Waals surface area contributed by atoms with Crippen molar-refractivity contribution >= 4 is 21.9 Å². The monoisotopic (exact) mass is 243 g/mol. The average Bonchev–Trinajstić information content (AvgIpc) is 2.47. The van der Waals surface area contributed by atoms with Crippen LogP contribution in [0.5, 0.6) is 0 Å². The van der Waals surface area contributed by atoms with Gasteiger partial charge in [-0.15, -0.1) is 0 Å². The summed E-state index contributed by atoms with van der Waals surface area (Å²) in [6, 6.07) is 0. The van der Waals surface area contributed by atoms with E-state index in [0.29, 0.717) is 0 Å². The molecule has 72 valence electrons. The van der Waals surface area contributed by atoms with Gasteiger partial charge in [-0.25, -0.2) is 4.98 Å². The van der Waals surface area contributed by atoms with Crippen LogP contribution in [0.1, 0.15) is 19.3 Å². The van der Waals surface area contributed by atoms with E-state index in [0.717, 1.165) is 23.6 Å². The quantitative estimate of drug-likeness (QED) is 0.754. The number of halogens is 1. The molecule has 1 saturated heterocycles. The van der Waals surface area contributed by atoms with E-state index in [1.807, 2.05) is 13.2 Å². The summed E-state index contributed by atoms with van der Waals surface area (Å²) in [7, 11) is 2.04. The Balaban J connectivity index is 2.18. The van der Waals surface area contributed by atoms with Gasteiger partial charge in [0, 0.05) is 26.3 Å². The molecule has 2 rings (SSSR count). The van der Waals surface area contributed by atoms with Crippen LogP contribution in [0.15, 0.2) is 10.8 Å². The van der Waals surface area contributed by atoms with E-state index in [1.165, 1.54) is 19.3 Å². The molecule has 2 heterocycles. The third-order valence-corrected chi connectivity index (χ3v) is 2.84. The van der Waals surface area contributed by atoms with E-state index in [-0.39, 0.29) is 0 Å². The zero-order chi connectivity index (χ0) is 9.26. The van der Waals surface area contributed by atoms with Crippen LogP contribution in [0.4, 0.5) is 5.95 Å². The van der Waals surface area contributed by atoms with Gasteiger partial charge in [0.1, 0.15) is 4.60 Å². The van der Waals surface area contributed by atoms with Crippen molar-refractivity contribution in [1.29, 1.82) is 0 Å². The highest BCUT2D eigenvalue weighted by molar-refractivity contribution is 9.10. The van der Waals surface area contributed by atoms with Gasteiger partial charge >= 0.3 is 0 Å². The summed E-state index contributed by atoms with van der Waals surface area (Å²) >= 11 is 3.39. The normalized spacial score (nSPS) is 17.8. The SMILES string of the molecule is Cn1cc(Br)nc1N1CCCCC1. The van der Waals surface area contributed by atoms with Gasteiger partial charge in [0.15, 0.2) is 0 Å². The van der Waals surface area contributed by atoms with Gasteiger partial charge in [0.25, 0.3) is 0 Å². The smallest absolute Gasteiger partial charge is 0.206 e. The highest BCUT2D eigenvalue weighted by Gasteiger charge is 2.15. The third kappa shape index (κ3) is 1.88. The molecule has 0 radical (unpaired) electrons. The van der Waals surface area contributed by atoms with Crippen LogP contribution in [0.25, 0.3) is 0 Å². The number of imidazole rings is 1. The minimum Gasteiger partial charge on any atom is -0.342 e. The second-order valence-corrected chi connectivity index (χ2v) is 4.33. The molecule has 0 aliphatic carbocycles. The Morgan fingerprint density at radius 2 is 2.00 bits per heavy atom. The van der Waals surface area contributed by atoms with E-state index >= 15 is 0 Å². The Kier molecular flexibility index (Phi) is 2.58. The van der Waals surface area contributed by atoms with Gasteiger partial charge in [0.05, 0.1) is 0 Å². The lowest BCUT2D eigenvalue weighted by Crippen LogP contribution is -2.31. The maximum absolute atomic E-state index is 4.44. The van der Waals surface area contributed by atoms with Gasteiger partial charge in [-0.05, 0) is 35.2 Å². The predicted octanol–water partition coefficient (Wildman–Crippen LogP) is 2.17. The van der Waals surface area contributed by atoms with Crippen LogP contribution < -0.4 is 4.90 Å². The molecule has 0 unspecified atom stereocenters. The lowest BCUT2D eigenvalue weighted by atomic mass is 10.1. The Labute approximate surface area is 86.9 Å². The standard InChI is InChI=1S/C9H14BrN3/c1-12-7-8(10)11-9(12)13-5-3-2-4-6-13/h7H,2-6H2,1H3. The number of hydrogen-bond donors (Lipinski definition) is 0. The fourth-order valence-electron chi connectivity index (χ4n) is 1.81. The van der Waals surface area contributed by atoms with Crippen LogP contribution in [0.2, 0.25) is 0 Å². The molecule has 0 atom stereocenters. The summed E-state index contributed by atoms with van der Waals surface area (Å²) in [5, 5.41) is 0. The molecule has 0 amide bonds. The van der Waals surface area contributed by atoms with E-state index in [4.69, 9.17) is 0 Å². The van der Waals surface area contributed by atoms with Crippen molar-refractivity contribution < 1.29 is 0 Å². The molecule has 0 spiro atoms. The fourth-order valence-corrected chi connectivity index (χ4v) is 2.27. The number of piperidine rings is 1. The number of aryl methyl sites for hydroxylation is 1. The predicted molar refractivity (Wildman–Crippen MR) is 57.0 cm³/mol. The fraction of sp³-hybridized carbons (Fsp3) is 0.667. The Morgan fingerprint density at radius 3 is 2.54 bits per heavy atom. The molecule has 1 aliphatic heterocycles. The molecule has 4 heteroatoms. The first-order valence-electron chi connectivity index (χ1n) is 4.71. The van der Waals surface area contributed by atoms with Crippen molar-refractivity contribution in [2.24, 2.45) is 7.05 Å². The zero-order valence-electron chi connectivity index (χ0n) is 7.83. The number of nitrogens with zero attached hydrogens (tertiary/aromatic N) is 3. The third-order valence-electron chi connectivity index (χ3n) is 2.46. The van der Waals surface area contributed by atoms with Crippen molar-refractivity contribution in [3.63, 3.8) is 0 Å². The maximum Gasteiger partial charge on any atom is 0.206 e. The minimum atomic E-state index is 0.926. The summed E-state index contributed by atoms with van der Waals surface area (Å²) in [5.41, 5.74) is 0. The largest absolute Gasteiger partial charge is 0.342 e. The van der Waals surface area contributed by atoms with Crippen LogP contribution in [-0.4, -0.2) is 22.6 Å². The van der Waals surface area contributed by atoms with Gasteiger partial charge in [-0.1, -0.05) is 0 Å². The van der Waals surface area contributed by atoms with E-state index in [1.54, 1.807) is 0 Å². The summed E-state index contributed by atoms with van der Waals surface area (Å²) in [6.45, 7) is 2.30. The summed E-state index contributed by atoms with van der Waals surface area (Å²) in [6.07, 6.45) is 5.96. The van der Waals surface area contributed by atoms with Gasteiger partial charge in [0.2, 0.25) is 5.95 Å². The lowest BCUT2D eigenvalue weighted by molar-refractivity contribution is 0.562. The zero-order valence-corrected chi connectivity index (χ0v) is 9.42. The number of hydrogen-bond acceptors (Lipinski definition) is 2. The first-order chi connectivity index (χ1) is 6.27. The molecule has 0 saturated carbocycles. The van der Waals surface area contributed by atoms with Crippen molar-refractivity contribution in [3.05, 3.63) is 10.8 Å². The minimum absolute atomic E-state index is 0.926. The Bertz CT molecular complexity index is 289. The number of aromatic nitrogens is 2. The molecule has 1 aromatic rings. The van der Waals surface area contributed by atoms with Crippen molar-refractivity contribution in [2.75, 3.05) is 18.0 Å². The molecule has 1 fully saturated rings. The van der Waals surface area contributed by atoms with Crippen molar-refractivity contribution in [2.45, 2.75) is 19.3 Å². The van der Waals surface area contributed by atoms with Crippen molar-refractivity contribution in [3.8, 4) is 0 Å². The van der Waals surface area contributed by atoms with Crippen LogP contribution in [0.3, 0.4) is 0 Å². The van der Waals surface area contributed by atoms with Gasteiger partial charge in [-0.2, -0.15) is 0 Å². The second-order valence-electron chi connectivity index (χ2n) is 3.52. The molecule has 1 aliphatic rings. The summed E-state index contributed by atoms with van der Waals surface area (Å²) < 4.78 is 3.01. The molecular weight excluding hydrogens is 230 g/mol.